The van der Waals surface area contributed by atoms with Gasteiger partial charge in [-0.05, 0) is 6.07 Å². The zero-order valence-electron chi connectivity index (χ0n) is 7.89. The number of nitrogens with one attached hydrogen (secondary N) is 1. The Balaban J connectivity index is 3.14. The van der Waals surface area contributed by atoms with E-state index in [9.17, 15) is 13.9 Å². The molecule has 6 nitrogen and oxygen atoms in total. The van der Waals surface area contributed by atoms with Crippen LogP contribution in [0.25, 0.3) is 0 Å². The molecule has 1 rings (SSSR count). The summed E-state index contributed by atoms with van der Waals surface area (Å²) in [6.45, 7) is -0.413. The van der Waals surface area contributed by atoms with Gasteiger partial charge in [0.05, 0.1) is 13.7 Å². The van der Waals surface area contributed by atoms with Gasteiger partial charge in [-0.25, -0.2) is 0 Å². The topological polar surface area (TPSA) is 102 Å². The number of hydrogen-bond donors (Lipinski definition) is 3. The SMILES string of the molecule is COc1cc(NS(=O)[O-])cc(CO)c1O. The molecule has 0 amide bonds. The quantitative estimate of drug-likeness (QED) is 0.504. The van der Waals surface area contributed by atoms with Crippen molar-refractivity contribution in [3.8, 4) is 11.5 Å². The molecule has 0 aromatic heterocycles. The van der Waals surface area contributed by atoms with Gasteiger partial charge >= 0.3 is 0 Å². The zero-order chi connectivity index (χ0) is 11.4. The van der Waals surface area contributed by atoms with Crippen LogP contribution in [0.4, 0.5) is 5.69 Å². The normalized spacial score (nSPS) is 12.2. The van der Waals surface area contributed by atoms with E-state index in [4.69, 9.17) is 9.84 Å². The van der Waals surface area contributed by atoms with Crippen LogP contribution in [0.15, 0.2) is 12.1 Å². The van der Waals surface area contributed by atoms with Crippen LogP contribution in [0.1, 0.15) is 5.56 Å². The Bertz CT molecular complexity index is 356. The fourth-order valence-electron chi connectivity index (χ4n) is 1.10. The van der Waals surface area contributed by atoms with Crippen LogP contribution in [0, 0.1) is 0 Å². The lowest BCUT2D eigenvalue weighted by Crippen LogP contribution is -2.03. The van der Waals surface area contributed by atoms with Crippen molar-refractivity contribution in [2.75, 3.05) is 11.8 Å². The van der Waals surface area contributed by atoms with Crippen LogP contribution in [-0.2, 0) is 17.9 Å². The number of aliphatic hydroxyl groups is 1. The molecule has 15 heavy (non-hydrogen) atoms. The predicted molar refractivity (Wildman–Crippen MR) is 53.1 cm³/mol. The molecular weight excluding hydrogens is 222 g/mol. The summed E-state index contributed by atoms with van der Waals surface area (Å²) < 4.78 is 27.7. The van der Waals surface area contributed by atoms with Gasteiger partial charge in [-0.1, -0.05) is 0 Å². The van der Waals surface area contributed by atoms with Crippen molar-refractivity contribution in [3.63, 3.8) is 0 Å². The molecule has 1 aromatic carbocycles. The first-order valence-corrected chi connectivity index (χ1v) is 5.02. The van der Waals surface area contributed by atoms with Crippen molar-refractivity contribution in [3.05, 3.63) is 17.7 Å². The standard InChI is InChI=1S/C8H11NO5S/c1-14-7-3-6(9-15(12)13)2-5(4-10)8(7)11/h2-3,9-11H,4H2,1H3,(H,12,13)/p-1. The van der Waals surface area contributed by atoms with Crippen molar-refractivity contribution in [1.82, 2.24) is 0 Å². The number of hydrogen-bond acceptors (Lipinski definition) is 5. The third-order valence-corrected chi connectivity index (χ3v) is 2.15. The zero-order valence-corrected chi connectivity index (χ0v) is 8.71. The van der Waals surface area contributed by atoms with Gasteiger partial charge in [0.15, 0.2) is 11.5 Å². The van der Waals surface area contributed by atoms with Crippen molar-refractivity contribution in [2.45, 2.75) is 6.61 Å². The molecule has 0 aliphatic carbocycles. The molecular formula is C8H10NO5S-. The van der Waals surface area contributed by atoms with E-state index in [1.54, 1.807) is 0 Å². The minimum atomic E-state index is -2.46. The van der Waals surface area contributed by atoms with E-state index >= 15 is 0 Å². The van der Waals surface area contributed by atoms with Crippen LogP contribution in [-0.4, -0.2) is 26.1 Å². The van der Waals surface area contributed by atoms with Gasteiger partial charge in [0.2, 0.25) is 0 Å². The molecule has 1 unspecified atom stereocenters. The molecule has 3 N–H and O–H groups in total. The number of aliphatic hydroxyl groups excluding tert-OH is 1. The molecule has 84 valence electrons. The number of rotatable bonds is 4. The maximum absolute atomic E-state index is 10.4. The van der Waals surface area contributed by atoms with Gasteiger partial charge in [-0.15, -0.1) is 0 Å². The lowest BCUT2D eigenvalue weighted by atomic mass is 10.1. The Hall–Kier alpha value is -1.31. The summed E-state index contributed by atoms with van der Waals surface area (Å²) >= 11 is -2.46. The first kappa shape index (κ1) is 11.8. The third kappa shape index (κ3) is 2.82. The largest absolute Gasteiger partial charge is 0.755 e. The van der Waals surface area contributed by atoms with Crippen LogP contribution in [0.2, 0.25) is 0 Å². The second-order valence-corrected chi connectivity index (χ2v) is 3.35. The van der Waals surface area contributed by atoms with Gasteiger partial charge in [-0.2, -0.15) is 0 Å². The molecule has 0 heterocycles. The van der Waals surface area contributed by atoms with E-state index in [-0.39, 0.29) is 22.7 Å². The molecule has 0 spiro atoms. The maximum atomic E-state index is 10.4. The monoisotopic (exact) mass is 232 g/mol. The summed E-state index contributed by atoms with van der Waals surface area (Å²) in [5, 5.41) is 18.4. The Kier molecular flexibility index (Phi) is 3.89. The molecule has 1 aromatic rings. The van der Waals surface area contributed by atoms with Crippen molar-refractivity contribution in [1.29, 1.82) is 0 Å². The Labute approximate surface area is 88.9 Å². The van der Waals surface area contributed by atoms with Gasteiger partial charge < -0.3 is 24.2 Å². The molecule has 0 aliphatic rings. The third-order valence-electron chi connectivity index (χ3n) is 1.75. The highest BCUT2D eigenvalue weighted by Crippen LogP contribution is 2.33. The lowest BCUT2D eigenvalue weighted by Gasteiger charge is -2.13. The Morgan fingerprint density at radius 3 is 2.73 bits per heavy atom. The number of methoxy groups -OCH3 is 1. The number of anilines is 1. The molecule has 0 radical (unpaired) electrons. The second-order valence-electron chi connectivity index (χ2n) is 2.68. The summed E-state index contributed by atoms with van der Waals surface area (Å²) in [6.07, 6.45) is 0. The highest BCUT2D eigenvalue weighted by molar-refractivity contribution is 7.80. The van der Waals surface area contributed by atoms with Gasteiger partial charge in [-0.3, -0.25) is 4.21 Å². The minimum absolute atomic E-state index is 0.0921. The van der Waals surface area contributed by atoms with E-state index in [2.05, 4.69) is 4.72 Å². The average Bonchev–Trinajstić information content (AvgIpc) is 2.19. The molecule has 0 saturated carbocycles. The average molecular weight is 232 g/mol. The molecule has 0 bridgehead atoms. The van der Waals surface area contributed by atoms with Crippen LogP contribution < -0.4 is 9.46 Å². The molecule has 1 atom stereocenters. The highest BCUT2D eigenvalue weighted by atomic mass is 32.2. The maximum Gasteiger partial charge on any atom is 0.163 e. The number of phenols is 1. The van der Waals surface area contributed by atoms with Crippen molar-refractivity contribution >= 4 is 17.0 Å². The number of benzene rings is 1. The molecule has 0 saturated heterocycles. The number of ether oxygens (including phenoxy) is 1. The predicted octanol–water partition coefficient (Wildman–Crippen LogP) is 0.0991. The Morgan fingerprint density at radius 2 is 2.27 bits per heavy atom. The minimum Gasteiger partial charge on any atom is -0.755 e. The van der Waals surface area contributed by atoms with Crippen molar-refractivity contribution in [2.24, 2.45) is 0 Å². The molecule has 0 fully saturated rings. The van der Waals surface area contributed by atoms with Crippen LogP contribution >= 0.6 is 0 Å². The first-order chi connectivity index (χ1) is 7.08. The van der Waals surface area contributed by atoms with Crippen LogP contribution in [0.5, 0.6) is 11.5 Å². The summed E-state index contributed by atoms with van der Waals surface area (Å²) in [5.74, 6) is -0.114. The van der Waals surface area contributed by atoms with Crippen LogP contribution in [0.3, 0.4) is 0 Å². The number of aromatic hydroxyl groups is 1. The summed E-state index contributed by atoms with van der Waals surface area (Å²) in [4.78, 5) is 0. The Morgan fingerprint density at radius 1 is 1.60 bits per heavy atom. The molecule has 0 aliphatic heterocycles. The van der Waals surface area contributed by atoms with Crippen molar-refractivity contribution < 1.29 is 23.7 Å². The summed E-state index contributed by atoms with van der Waals surface area (Å²) in [6, 6.07) is 2.62. The van der Waals surface area contributed by atoms with E-state index in [1.807, 2.05) is 0 Å². The molecule has 7 heteroatoms. The lowest BCUT2D eigenvalue weighted by molar-refractivity contribution is 0.272. The summed E-state index contributed by atoms with van der Waals surface area (Å²) in [7, 11) is 1.33. The smallest absolute Gasteiger partial charge is 0.163 e. The van der Waals surface area contributed by atoms with E-state index in [0.717, 1.165) is 0 Å². The van der Waals surface area contributed by atoms with Gasteiger partial charge in [0, 0.05) is 28.6 Å². The fraction of sp³-hybridized carbons (Fsp3) is 0.250. The fourth-order valence-corrected chi connectivity index (χ4v) is 1.41. The summed E-state index contributed by atoms with van der Waals surface area (Å²) in [5.41, 5.74) is 0.393. The van der Waals surface area contributed by atoms with E-state index < -0.39 is 17.9 Å². The van der Waals surface area contributed by atoms with Gasteiger partial charge in [0.1, 0.15) is 0 Å². The second kappa shape index (κ2) is 4.96. The highest BCUT2D eigenvalue weighted by Gasteiger charge is 2.09. The van der Waals surface area contributed by atoms with E-state index in [1.165, 1.54) is 19.2 Å². The van der Waals surface area contributed by atoms with Gasteiger partial charge in [0.25, 0.3) is 0 Å². The van der Waals surface area contributed by atoms with E-state index in [0.29, 0.717) is 0 Å². The first-order valence-electron chi connectivity index (χ1n) is 3.95.